The number of aromatic nitrogens is 2. The number of nitrogens with zero attached hydrogens (tertiary/aromatic N) is 2. The zero-order valence-corrected chi connectivity index (χ0v) is 17.9. The zero-order valence-electron chi connectivity index (χ0n) is 17.1. The van der Waals surface area contributed by atoms with Crippen molar-refractivity contribution in [2.24, 2.45) is 0 Å². The Morgan fingerprint density at radius 1 is 1.24 bits per heavy atom. The maximum atomic E-state index is 13.0. The van der Waals surface area contributed by atoms with Gasteiger partial charge in [0.15, 0.2) is 5.16 Å². The van der Waals surface area contributed by atoms with Crippen molar-refractivity contribution >= 4 is 34.6 Å². The lowest BCUT2D eigenvalue weighted by molar-refractivity contribution is -0.119. The van der Waals surface area contributed by atoms with E-state index in [1.165, 1.54) is 11.8 Å². The fourth-order valence-electron chi connectivity index (χ4n) is 3.50. The number of imide groups is 1. The lowest BCUT2D eigenvalue weighted by Crippen LogP contribution is -2.46. The van der Waals surface area contributed by atoms with Crippen molar-refractivity contribution in [2.45, 2.75) is 75.4 Å². The molecule has 3 amide bonds. The molecule has 1 aromatic heterocycles. The van der Waals surface area contributed by atoms with Crippen LogP contribution in [-0.4, -0.2) is 32.8 Å². The number of carbonyl (C=O) groups is 2. The van der Waals surface area contributed by atoms with E-state index in [1.54, 1.807) is 23.6 Å². The number of hydrogen-bond donors (Lipinski definition) is 2. The van der Waals surface area contributed by atoms with Crippen LogP contribution in [0.1, 0.15) is 58.9 Å². The van der Waals surface area contributed by atoms with Crippen molar-refractivity contribution in [3.8, 4) is 0 Å². The highest BCUT2D eigenvalue weighted by Gasteiger charge is 2.24. The second-order valence-electron chi connectivity index (χ2n) is 7.55. The molecule has 1 saturated carbocycles. The predicted octanol–water partition coefficient (Wildman–Crippen LogP) is 3.62. The van der Waals surface area contributed by atoms with Crippen LogP contribution in [0.5, 0.6) is 0 Å². The number of benzene rings is 1. The fourth-order valence-corrected chi connectivity index (χ4v) is 4.51. The molecule has 0 unspecified atom stereocenters. The Morgan fingerprint density at radius 3 is 2.62 bits per heavy atom. The molecule has 7 nitrogen and oxygen atoms in total. The normalized spacial score (nSPS) is 16.5. The molecule has 1 fully saturated rings. The summed E-state index contributed by atoms with van der Waals surface area (Å²) in [6.45, 7) is 5.68. The van der Waals surface area contributed by atoms with E-state index in [-0.39, 0.29) is 17.6 Å². The zero-order chi connectivity index (χ0) is 21.0. The van der Waals surface area contributed by atoms with Gasteiger partial charge in [0.05, 0.1) is 16.2 Å². The van der Waals surface area contributed by atoms with E-state index in [0.29, 0.717) is 16.1 Å². The van der Waals surface area contributed by atoms with Gasteiger partial charge in [0.1, 0.15) is 0 Å². The van der Waals surface area contributed by atoms with Gasteiger partial charge in [0, 0.05) is 12.1 Å². The third-order valence-corrected chi connectivity index (χ3v) is 6.45. The minimum atomic E-state index is -0.576. The van der Waals surface area contributed by atoms with E-state index in [9.17, 15) is 14.4 Å². The first-order valence-electron chi connectivity index (χ1n) is 10.2. The van der Waals surface area contributed by atoms with Crippen LogP contribution in [0.15, 0.2) is 34.2 Å². The summed E-state index contributed by atoms with van der Waals surface area (Å²) in [5.41, 5.74) is 0.491. The molecular weight excluding hydrogens is 388 g/mol. The molecule has 156 valence electrons. The molecule has 8 heteroatoms. The van der Waals surface area contributed by atoms with Gasteiger partial charge in [0.25, 0.3) is 5.56 Å². The van der Waals surface area contributed by atoms with Gasteiger partial charge < -0.3 is 5.32 Å². The Morgan fingerprint density at radius 2 is 1.93 bits per heavy atom. The number of urea groups is 1. The lowest BCUT2D eigenvalue weighted by atomic mass is 10.2. The summed E-state index contributed by atoms with van der Waals surface area (Å²) in [5.74, 6) is -0.399. The summed E-state index contributed by atoms with van der Waals surface area (Å²) in [4.78, 5) is 42.3. The Labute approximate surface area is 174 Å². The number of thioether (sulfide) groups is 1. The standard InChI is InChI=1S/C21H28N4O3S/c1-4-13(2)25-19(27)16-11-7-8-12-17(16)23-21(25)29-14(3)18(26)24-20(28)22-15-9-5-6-10-15/h7-8,11-15H,4-6,9-10H2,1-3H3,(H2,22,24,26,28)/t13-,14+/m1/s1. The predicted molar refractivity (Wildman–Crippen MR) is 115 cm³/mol. The van der Waals surface area contributed by atoms with Crippen molar-refractivity contribution < 1.29 is 9.59 Å². The van der Waals surface area contributed by atoms with E-state index in [0.717, 1.165) is 32.1 Å². The Bertz CT molecular complexity index is 953. The van der Waals surface area contributed by atoms with Crippen LogP contribution in [0.25, 0.3) is 10.9 Å². The maximum absolute atomic E-state index is 13.0. The number of para-hydroxylation sites is 1. The van der Waals surface area contributed by atoms with Crippen molar-refractivity contribution in [1.29, 1.82) is 0 Å². The van der Waals surface area contributed by atoms with E-state index in [1.807, 2.05) is 26.0 Å². The van der Waals surface area contributed by atoms with Gasteiger partial charge in [-0.25, -0.2) is 9.78 Å². The second-order valence-corrected chi connectivity index (χ2v) is 8.86. The quantitative estimate of drug-likeness (QED) is 0.554. The molecule has 1 aromatic carbocycles. The largest absolute Gasteiger partial charge is 0.335 e. The molecule has 2 N–H and O–H groups in total. The van der Waals surface area contributed by atoms with Crippen LogP contribution in [0.3, 0.4) is 0 Å². The van der Waals surface area contributed by atoms with Gasteiger partial charge in [-0.15, -0.1) is 0 Å². The van der Waals surface area contributed by atoms with Gasteiger partial charge >= 0.3 is 6.03 Å². The Kier molecular flexibility index (Phi) is 6.95. The summed E-state index contributed by atoms with van der Waals surface area (Å²) in [7, 11) is 0. The highest BCUT2D eigenvalue weighted by Crippen LogP contribution is 2.26. The Balaban J connectivity index is 1.78. The SMILES string of the molecule is CC[C@@H](C)n1c(S[C@@H](C)C(=O)NC(=O)NC2CCCC2)nc2ccccc2c1=O. The molecule has 1 aliphatic carbocycles. The molecule has 0 radical (unpaired) electrons. The monoisotopic (exact) mass is 416 g/mol. The summed E-state index contributed by atoms with van der Waals surface area (Å²) in [6, 6.07) is 6.84. The first kappa shape index (κ1) is 21.4. The third-order valence-electron chi connectivity index (χ3n) is 5.39. The molecule has 29 heavy (non-hydrogen) atoms. The van der Waals surface area contributed by atoms with Crippen LogP contribution < -0.4 is 16.2 Å². The van der Waals surface area contributed by atoms with E-state index >= 15 is 0 Å². The highest BCUT2D eigenvalue weighted by atomic mass is 32.2. The lowest BCUT2D eigenvalue weighted by Gasteiger charge is -2.20. The molecule has 1 aliphatic rings. The minimum Gasteiger partial charge on any atom is -0.335 e. The van der Waals surface area contributed by atoms with Gasteiger partial charge in [-0.05, 0) is 45.2 Å². The van der Waals surface area contributed by atoms with Crippen LogP contribution in [0.2, 0.25) is 0 Å². The minimum absolute atomic E-state index is 0.0527. The van der Waals surface area contributed by atoms with E-state index < -0.39 is 17.2 Å². The topological polar surface area (TPSA) is 93.1 Å². The summed E-state index contributed by atoms with van der Waals surface area (Å²) < 4.78 is 1.65. The van der Waals surface area contributed by atoms with E-state index in [2.05, 4.69) is 15.6 Å². The fraction of sp³-hybridized carbons (Fsp3) is 0.524. The number of rotatable bonds is 6. The number of carbonyl (C=O) groups excluding carboxylic acids is 2. The molecular formula is C21H28N4O3S. The number of nitrogens with one attached hydrogen (secondary N) is 2. The molecule has 2 atom stereocenters. The summed E-state index contributed by atoms with van der Waals surface area (Å²) in [5, 5.41) is 5.74. The van der Waals surface area contributed by atoms with Gasteiger partial charge in [-0.1, -0.05) is 43.7 Å². The first-order valence-corrected chi connectivity index (χ1v) is 11.1. The molecule has 2 aromatic rings. The number of hydrogen-bond acceptors (Lipinski definition) is 5. The highest BCUT2D eigenvalue weighted by molar-refractivity contribution is 8.00. The van der Waals surface area contributed by atoms with Crippen molar-refractivity contribution in [3.63, 3.8) is 0 Å². The first-order chi connectivity index (χ1) is 13.9. The molecule has 0 aliphatic heterocycles. The smallest absolute Gasteiger partial charge is 0.321 e. The average molecular weight is 417 g/mol. The van der Waals surface area contributed by atoms with Gasteiger partial charge in [0.2, 0.25) is 5.91 Å². The van der Waals surface area contributed by atoms with Crippen LogP contribution in [-0.2, 0) is 4.79 Å². The number of amides is 3. The Hall–Kier alpha value is -2.35. The maximum Gasteiger partial charge on any atom is 0.321 e. The molecule has 0 bridgehead atoms. The molecule has 3 rings (SSSR count). The van der Waals surface area contributed by atoms with Crippen LogP contribution in [0, 0.1) is 0 Å². The van der Waals surface area contributed by atoms with Crippen LogP contribution >= 0.6 is 11.8 Å². The molecule has 1 heterocycles. The van der Waals surface area contributed by atoms with Gasteiger partial charge in [-0.2, -0.15) is 0 Å². The molecule has 0 spiro atoms. The van der Waals surface area contributed by atoms with E-state index in [4.69, 9.17) is 0 Å². The average Bonchev–Trinajstić information content (AvgIpc) is 3.20. The van der Waals surface area contributed by atoms with Gasteiger partial charge in [-0.3, -0.25) is 19.5 Å². The second kappa shape index (κ2) is 9.43. The van der Waals surface area contributed by atoms with Crippen molar-refractivity contribution in [1.82, 2.24) is 20.2 Å². The summed E-state index contributed by atoms with van der Waals surface area (Å²) in [6.07, 6.45) is 4.87. The van der Waals surface area contributed by atoms with Crippen LogP contribution in [0.4, 0.5) is 4.79 Å². The van der Waals surface area contributed by atoms with Crippen molar-refractivity contribution in [2.75, 3.05) is 0 Å². The van der Waals surface area contributed by atoms with Crippen molar-refractivity contribution in [3.05, 3.63) is 34.6 Å². The number of fused-ring (bicyclic) bond motifs is 1. The molecule has 0 saturated heterocycles. The summed E-state index contributed by atoms with van der Waals surface area (Å²) >= 11 is 1.20. The third kappa shape index (κ3) is 4.98.